The van der Waals surface area contributed by atoms with Gasteiger partial charge in [0.1, 0.15) is 0 Å². The van der Waals surface area contributed by atoms with Crippen LogP contribution in [0.5, 0.6) is 0 Å². The molecule has 0 atom stereocenters. The highest BCUT2D eigenvalue weighted by atomic mass is 32.2. The number of rotatable bonds is 5. The van der Waals surface area contributed by atoms with E-state index in [0.29, 0.717) is 12.8 Å². The van der Waals surface area contributed by atoms with Crippen LogP contribution in [0.1, 0.15) is 30.0 Å². The summed E-state index contributed by atoms with van der Waals surface area (Å²) in [5.74, 6) is 0.0199. The Labute approximate surface area is 142 Å². The number of anilines is 1. The molecule has 0 radical (unpaired) electrons. The van der Waals surface area contributed by atoms with Gasteiger partial charge in [-0.25, -0.2) is 13.1 Å². The van der Waals surface area contributed by atoms with Gasteiger partial charge in [-0.05, 0) is 47.7 Å². The number of sulfonamides is 1. The lowest BCUT2D eigenvalue weighted by atomic mass is 10.0. The van der Waals surface area contributed by atoms with E-state index in [1.807, 2.05) is 37.3 Å². The number of nitrogens with one attached hydrogen (secondary N) is 2. The standard InChI is InChI=1S/C18H20N2O3S/c1-2-13-3-7-16(8-4-13)24(22,23)19-12-14-5-9-17-15(11-14)6-10-18(21)20-17/h3-5,7-9,11,19H,2,6,10,12H2,1H3,(H,20,21). The van der Waals surface area contributed by atoms with Crippen molar-refractivity contribution in [2.24, 2.45) is 0 Å². The summed E-state index contributed by atoms with van der Waals surface area (Å²) in [4.78, 5) is 11.6. The molecule has 3 rings (SSSR count). The fourth-order valence-electron chi connectivity index (χ4n) is 2.71. The third kappa shape index (κ3) is 3.66. The quantitative estimate of drug-likeness (QED) is 0.875. The molecule has 0 saturated carbocycles. The molecule has 2 aromatic carbocycles. The van der Waals surface area contributed by atoms with Crippen molar-refractivity contribution in [1.29, 1.82) is 0 Å². The van der Waals surface area contributed by atoms with Crippen LogP contribution >= 0.6 is 0 Å². The van der Waals surface area contributed by atoms with Crippen molar-refractivity contribution in [1.82, 2.24) is 4.72 Å². The maximum atomic E-state index is 12.4. The molecule has 1 amide bonds. The molecule has 0 aliphatic carbocycles. The van der Waals surface area contributed by atoms with Crippen molar-refractivity contribution in [3.8, 4) is 0 Å². The van der Waals surface area contributed by atoms with E-state index in [0.717, 1.165) is 28.8 Å². The number of fused-ring (bicyclic) bond motifs is 1. The number of hydrogen-bond acceptors (Lipinski definition) is 3. The monoisotopic (exact) mass is 344 g/mol. The predicted octanol–water partition coefficient (Wildman–Crippen LogP) is 2.61. The summed E-state index contributed by atoms with van der Waals surface area (Å²) in [7, 11) is -3.53. The zero-order valence-corrected chi connectivity index (χ0v) is 14.3. The van der Waals surface area contributed by atoms with Gasteiger partial charge in [0.15, 0.2) is 0 Å². The molecule has 2 N–H and O–H groups in total. The average molecular weight is 344 g/mol. The largest absolute Gasteiger partial charge is 0.326 e. The van der Waals surface area contributed by atoms with Gasteiger partial charge >= 0.3 is 0 Å². The Hall–Kier alpha value is -2.18. The first-order chi connectivity index (χ1) is 11.5. The molecule has 0 unspecified atom stereocenters. The second kappa shape index (κ2) is 6.75. The Morgan fingerprint density at radius 2 is 1.75 bits per heavy atom. The highest BCUT2D eigenvalue weighted by molar-refractivity contribution is 7.89. The maximum absolute atomic E-state index is 12.4. The van der Waals surface area contributed by atoms with Crippen molar-refractivity contribution in [2.45, 2.75) is 37.6 Å². The van der Waals surface area contributed by atoms with Gasteiger partial charge in [-0.3, -0.25) is 4.79 Å². The van der Waals surface area contributed by atoms with Crippen LogP contribution in [0.3, 0.4) is 0 Å². The van der Waals surface area contributed by atoms with Crippen molar-refractivity contribution in [3.05, 3.63) is 59.2 Å². The number of carbonyl (C=O) groups is 1. The second-order valence-corrected chi connectivity index (χ2v) is 7.63. The molecule has 0 fully saturated rings. The average Bonchev–Trinajstić information content (AvgIpc) is 2.60. The molecular formula is C18H20N2O3S. The summed E-state index contributed by atoms with van der Waals surface area (Å²) < 4.78 is 27.4. The summed E-state index contributed by atoms with van der Waals surface area (Å²) >= 11 is 0. The molecule has 24 heavy (non-hydrogen) atoms. The highest BCUT2D eigenvalue weighted by Gasteiger charge is 2.16. The summed E-state index contributed by atoms with van der Waals surface area (Å²) in [6.07, 6.45) is 2.02. The van der Waals surface area contributed by atoms with Gasteiger partial charge in [0, 0.05) is 18.7 Å². The van der Waals surface area contributed by atoms with Gasteiger partial charge in [0.25, 0.3) is 0 Å². The second-order valence-electron chi connectivity index (χ2n) is 5.86. The molecule has 1 aliphatic heterocycles. The van der Waals surface area contributed by atoms with E-state index >= 15 is 0 Å². The van der Waals surface area contributed by atoms with Crippen LogP contribution in [0.4, 0.5) is 5.69 Å². The molecule has 5 nitrogen and oxygen atoms in total. The van der Waals surface area contributed by atoms with E-state index in [-0.39, 0.29) is 17.3 Å². The first kappa shape index (κ1) is 16.7. The van der Waals surface area contributed by atoms with E-state index in [1.54, 1.807) is 12.1 Å². The normalized spacial score (nSPS) is 14.1. The van der Waals surface area contributed by atoms with E-state index in [4.69, 9.17) is 0 Å². The maximum Gasteiger partial charge on any atom is 0.240 e. The van der Waals surface area contributed by atoms with E-state index < -0.39 is 10.0 Å². The lowest BCUT2D eigenvalue weighted by molar-refractivity contribution is -0.116. The van der Waals surface area contributed by atoms with Gasteiger partial charge < -0.3 is 5.32 Å². The molecule has 0 aromatic heterocycles. The van der Waals surface area contributed by atoms with Crippen LogP contribution in [0, 0.1) is 0 Å². The van der Waals surface area contributed by atoms with Gasteiger partial charge in [0.2, 0.25) is 15.9 Å². The van der Waals surface area contributed by atoms with Crippen LogP contribution < -0.4 is 10.0 Å². The fourth-order valence-corrected chi connectivity index (χ4v) is 3.73. The number of benzene rings is 2. The minimum atomic E-state index is -3.53. The molecule has 126 valence electrons. The van der Waals surface area contributed by atoms with E-state index in [1.165, 1.54) is 0 Å². The van der Waals surface area contributed by atoms with Crippen molar-refractivity contribution in [3.63, 3.8) is 0 Å². The van der Waals surface area contributed by atoms with Crippen molar-refractivity contribution in [2.75, 3.05) is 5.32 Å². The molecule has 0 bridgehead atoms. The summed E-state index contributed by atoms with van der Waals surface area (Å²) in [5.41, 5.74) is 3.83. The molecule has 0 saturated heterocycles. The van der Waals surface area contributed by atoms with Crippen LogP contribution in [0.15, 0.2) is 47.4 Å². The zero-order chi connectivity index (χ0) is 17.2. The Bertz CT molecular complexity index is 858. The first-order valence-corrected chi connectivity index (χ1v) is 9.46. The van der Waals surface area contributed by atoms with Gasteiger partial charge in [-0.15, -0.1) is 0 Å². The lowest BCUT2D eigenvalue weighted by Gasteiger charge is -2.17. The van der Waals surface area contributed by atoms with E-state index in [9.17, 15) is 13.2 Å². The molecule has 6 heteroatoms. The van der Waals surface area contributed by atoms with Crippen LogP contribution in [-0.2, 0) is 34.2 Å². The Kier molecular flexibility index (Phi) is 4.69. The predicted molar refractivity (Wildman–Crippen MR) is 93.2 cm³/mol. The summed E-state index contributed by atoms with van der Waals surface area (Å²) in [6.45, 7) is 2.25. The SMILES string of the molecule is CCc1ccc(S(=O)(=O)NCc2ccc3c(c2)CCC(=O)N3)cc1. The zero-order valence-electron chi connectivity index (χ0n) is 13.5. The van der Waals surface area contributed by atoms with Gasteiger partial charge in [-0.1, -0.05) is 31.2 Å². The van der Waals surface area contributed by atoms with Crippen molar-refractivity contribution >= 4 is 21.6 Å². The Morgan fingerprint density at radius 3 is 2.46 bits per heavy atom. The molecule has 1 heterocycles. The topological polar surface area (TPSA) is 75.3 Å². The summed E-state index contributed by atoms with van der Waals surface area (Å²) in [6, 6.07) is 12.5. The number of amides is 1. The molecule has 1 aliphatic rings. The minimum absolute atomic E-state index is 0.0199. The van der Waals surface area contributed by atoms with Crippen LogP contribution in [-0.4, -0.2) is 14.3 Å². The van der Waals surface area contributed by atoms with Gasteiger partial charge in [0.05, 0.1) is 4.90 Å². The fraction of sp³-hybridized carbons (Fsp3) is 0.278. The Balaban J connectivity index is 1.71. The smallest absolute Gasteiger partial charge is 0.240 e. The number of hydrogen-bond donors (Lipinski definition) is 2. The first-order valence-electron chi connectivity index (χ1n) is 7.98. The molecule has 0 spiro atoms. The van der Waals surface area contributed by atoms with Gasteiger partial charge in [-0.2, -0.15) is 0 Å². The van der Waals surface area contributed by atoms with Crippen LogP contribution in [0.25, 0.3) is 0 Å². The third-order valence-corrected chi connectivity index (χ3v) is 5.59. The Morgan fingerprint density at radius 1 is 1.04 bits per heavy atom. The lowest BCUT2D eigenvalue weighted by Crippen LogP contribution is -2.24. The van der Waals surface area contributed by atoms with Crippen molar-refractivity contribution < 1.29 is 13.2 Å². The molecule has 2 aromatic rings. The van der Waals surface area contributed by atoms with Crippen LogP contribution in [0.2, 0.25) is 0 Å². The number of aryl methyl sites for hydroxylation is 2. The third-order valence-electron chi connectivity index (χ3n) is 4.17. The molecular weight excluding hydrogens is 324 g/mol. The van der Waals surface area contributed by atoms with E-state index in [2.05, 4.69) is 10.0 Å². The minimum Gasteiger partial charge on any atom is -0.326 e. The summed E-state index contributed by atoms with van der Waals surface area (Å²) in [5, 5.41) is 2.82. The number of carbonyl (C=O) groups excluding carboxylic acids is 1. The highest BCUT2D eigenvalue weighted by Crippen LogP contribution is 2.23.